The van der Waals surface area contributed by atoms with Crippen LogP contribution in [0.4, 0.5) is 0 Å². The molecular weight excluding hydrogens is 338 g/mol. The first kappa shape index (κ1) is 17.4. The molecule has 0 spiro atoms. The maximum atomic E-state index is 12.1. The number of carbonyl (C=O) groups excluding carboxylic acids is 2. The highest BCUT2D eigenvalue weighted by atomic mass is 32.1. The van der Waals surface area contributed by atoms with Gasteiger partial charge in [0.05, 0.1) is 6.20 Å². The van der Waals surface area contributed by atoms with Gasteiger partial charge in [-0.05, 0) is 49.3 Å². The van der Waals surface area contributed by atoms with Crippen LogP contribution in [0.5, 0.6) is 5.75 Å². The molecule has 1 aliphatic carbocycles. The Kier molecular flexibility index (Phi) is 5.65. The molecule has 0 bridgehead atoms. The van der Waals surface area contributed by atoms with Crippen molar-refractivity contribution in [3.63, 3.8) is 0 Å². The highest BCUT2D eigenvalue weighted by Gasteiger charge is 2.31. The monoisotopic (exact) mass is 359 g/mol. The molecule has 0 aromatic carbocycles. The maximum Gasteiger partial charge on any atom is 0.260 e. The van der Waals surface area contributed by atoms with Crippen molar-refractivity contribution in [2.75, 3.05) is 6.54 Å². The molecule has 132 valence electrons. The molecule has 2 N–H and O–H groups in total. The normalized spacial score (nSPS) is 20.2. The number of hydrogen-bond acceptors (Lipinski definition) is 5. The minimum absolute atomic E-state index is 0.0211. The number of nitrogens with zero attached hydrogens (tertiary/aromatic N) is 1. The summed E-state index contributed by atoms with van der Waals surface area (Å²) in [7, 11) is 0. The first-order valence-corrected chi connectivity index (χ1v) is 9.23. The summed E-state index contributed by atoms with van der Waals surface area (Å²) < 4.78 is 5.54. The van der Waals surface area contributed by atoms with Crippen molar-refractivity contribution in [1.29, 1.82) is 0 Å². The molecule has 3 rings (SSSR count). The molecule has 2 amide bonds. The zero-order valence-electron chi connectivity index (χ0n) is 14.0. The lowest BCUT2D eigenvalue weighted by Crippen LogP contribution is -2.48. The van der Waals surface area contributed by atoms with E-state index in [0.717, 1.165) is 12.8 Å². The van der Waals surface area contributed by atoms with E-state index >= 15 is 0 Å². The number of carbonyl (C=O) groups is 2. The minimum atomic E-state index is -0.571. The van der Waals surface area contributed by atoms with Crippen molar-refractivity contribution in [2.45, 2.75) is 31.9 Å². The van der Waals surface area contributed by atoms with Crippen LogP contribution in [-0.2, 0) is 4.79 Å². The van der Waals surface area contributed by atoms with E-state index in [-0.39, 0.29) is 17.9 Å². The van der Waals surface area contributed by atoms with Crippen LogP contribution in [0.3, 0.4) is 0 Å². The number of aromatic nitrogens is 1. The second-order valence-electron chi connectivity index (χ2n) is 6.21. The van der Waals surface area contributed by atoms with Gasteiger partial charge in [0.2, 0.25) is 0 Å². The predicted octanol–water partition coefficient (Wildman–Crippen LogP) is 2.24. The van der Waals surface area contributed by atoms with Crippen LogP contribution in [0.25, 0.3) is 0 Å². The van der Waals surface area contributed by atoms with Crippen molar-refractivity contribution in [3.05, 3.63) is 46.9 Å². The van der Waals surface area contributed by atoms with Crippen molar-refractivity contribution in [1.82, 2.24) is 15.6 Å². The summed E-state index contributed by atoms with van der Waals surface area (Å²) in [6.07, 6.45) is 4.43. The topological polar surface area (TPSA) is 80.3 Å². The molecule has 7 heteroatoms. The average molecular weight is 359 g/mol. The van der Waals surface area contributed by atoms with Gasteiger partial charge in [-0.1, -0.05) is 0 Å². The van der Waals surface area contributed by atoms with Crippen LogP contribution in [-0.4, -0.2) is 35.5 Å². The fourth-order valence-corrected chi connectivity index (χ4v) is 3.38. The summed E-state index contributed by atoms with van der Waals surface area (Å²) >= 11 is 1.51. The molecule has 1 aliphatic rings. The van der Waals surface area contributed by atoms with Gasteiger partial charge < -0.3 is 15.4 Å². The largest absolute Gasteiger partial charge is 0.479 e. The van der Waals surface area contributed by atoms with Crippen molar-refractivity contribution in [2.24, 2.45) is 5.92 Å². The van der Waals surface area contributed by atoms with Gasteiger partial charge in [0.1, 0.15) is 5.75 Å². The summed E-state index contributed by atoms with van der Waals surface area (Å²) in [4.78, 5) is 28.0. The van der Waals surface area contributed by atoms with Crippen LogP contribution in [0.1, 0.15) is 30.1 Å². The lowest BCUT2D eigenvalue weighted by atomic mass is 9.80. The zero-order valence-corrected chi connectivity index (χ0v) is 14.8. The SMILES string of the molecule is CC(Oc1cccnc1)C(=O)NCC1CC(NC(=O)c2ccsc2)C1. The Morgan fingerprint density at radius 2 is 2.24 bits per heavy atom. The Balaban J connectivity index is 1.33. The smallest absolute Gasteiger partial charge is 0.260 e. The minimum Gasteiger partial charge on any atom is -0.479 e. The summed E-state index contributed by atoms with van der Waals surface area (Å²) in [5.74, 6) is 0.800. The first-order chi connectivity index (χ1) is 12.1. The third kappa shape index (κ3) is 4.79. The van der Waals surface area contributed by atoms with E-state index in [2.05, 4.69) is 15.6 Å². The Bertz CT molecular complexity index is 700. The van der Waals surface area contributed by atoms with E-state index in [1.807, 2.05) is 16.8 Å². The van der Waals surface area contributed by atoms with Crippen molar-refractivity contribution in [3.8, 4) is 5.75 Å². The van der Waals surface area contributed by atoms with Gasteiger partial charge in [0.15, 0.2) is 6.10 Å². The Morgan fingerprint density at radius 3 is 2.92 bits per heavy atom. The van der Waals surface area contributed by atoms with E-state index in [4.69, 9.17) is 4.74 Å². The van der Waals surface area contributed by atoms with Crippen LogP contribution in [0, 0.1) is 5.92 Å². The molecule has 2 aromatic heterocycles. The molecule has 0 saturated heterocycles. The molecule has 0 radical (unpaired) electrons. The number of thiophene rings is 1. The van der Waals surface area contributed by atoms with Crippen LogP contribution in [0.15, 0.2) is 41.4 Å². The molecule has 2 heterocycles. The second kappa shape index (κ2) is 8.11. The lowest BCUT2D eigenvalue weighted by molar-refractivity contribution is -0.127. The Labute approximate surface area is 150 Å². The van der Waals surface area contributed by atoms with E-state index in [1.165, 1.54) is 11.3 Å². The van der Waals surface area contributed by atoms with Gasteiger partial charge in [0.25, 0.3) is 11.8 Å². The van der Waals surface area contributed by atoms with Crippen LogP contribution < -0.4 is 15.4 Å². The van der Waals surface area contributed by atoms with Crippen LogP contribution >= 0.6 is 11.3 Å². The molecule has 1 saturated carbocycles. The number of rotatable bonds is 7. The van der Waals surface area contributed by atoms with Crippen LogP contribution in [0.2, 0.25) is 0 Å². The number of pyridine rings is 1. The molecular formula is C18H21N3O3S. The van der Waals surface area contributed by atoms with E-state index in [1.54, 1.807) is 31.5 Å². The van der Waals surface area contributed by atoms with E-state index in [0.29, 0.717) is 23.8 Å². The van der Waals surface area contributed by atoms with Gasteiger partial charge in [0, 0.05) is 29.7 Å². The number of amides is 2. The molecule has 6 nitrogen and oxygen atoms in total. The van der Waals surface area contributed by atoms with Gasteiger partial charge in [-0.3, -0.25) is 14.6 Å². The fourth-order valence-electron chi connectivity index (χ4n) is 2.75. The molecule has 25 heavy (non-hydrogen) atoms. The lowest BCUT2D eigenvalue weighted by Gasteiger charge is -2.36. The predicted molar refractivity (Wildman–Crippen MR) is 95.6 cm³/mol. The number of ether oxygens (including phenoxy) is 1. The van der Waals surface area contributed by atoms with E-state index < -0.39 is 6.10 Å². The fraction of sp³-hybridized carbons (Fsp3) is 0.389. The van der Waals surface area contributed by atoms with Gasteiger partial charge in [-0.15, -0.1) is 0 Å². The third-order valence-corrected chi connectivity index (χ3v) is 4.92. The maximum absolute atomic E-state index is 12.1. The highest BCUT2D eigenvalue weighted by molar-refractivity contribution is 7.08. The third-order valence-electron chi connectivity index (χ3n) is 4.24. The molecule has 1 atom stereocenters. The van der Waals surface area contributed by atoms with Gasteiger partial charge >= 0.3 is 0 Å². The molecule has 1 unspecified atom stereocenters. The highest BCUT2D eigenvalue weighted by Crippen LogP contribution is 2.27. The summed E-state index contributed by atoms with van der Waals surface area (Å²) in [5, 5.41) is 9.66. The quantitative estimate of drug-likeness (QED) is 0.794. The second-order valence-corrected chi connectivity index (χ2v) is 6.99. The zero-order chi connectivity index (χ0) is 17.6. The van der Waals surface area contributed by atoms with Crippen molar-refractivity contribution >= 4 is 23.2 Å². The number of nitrogens with one attached hydrogen (secondary N) is 2. The standard InChI is InChI=1S/C18H21N3O3S/c1-12(24-16-3-2-5-19-10-16)17(22)20-9-13-7-15(8-13)21-18(23)14-4-6-25-11-14/h2-6,10-13,15H,7-9H2,1H3,(H,20,22)(H,21,23). The first-order valence-electron chi connectivity index (χ1n) is 8.29. The van der Waals surface area contributed by atoms with Gasteiger partial charge in [-0.25, -0.2) is 0 Å². The molecule has 2 aromatic rings. The summed E-state index contributed by atoms with van der Waals surface area (Å²) in [6.45, 7) is 2.32. The Hall–Kier alpha value is -2.41. The van der Waals surface area contributed by atoms with E-state index in [9.17, 15) is 9.59 Å². The average Bonchev–Trinajstić information content (AvgIpc) is 3.11. The van der Waals surface area contributed by atoms with Gasteiger partial charge in [-0.2, -0.15) is 11.3 Å². The molecule has 0 aliphatic heterocycles. The number of hydrogen-bond donors (Lipinski definition) is 2. The Morgan fingerprint density at radius 1 is 1.40 bits per heavy atom. The van der Waals surface area contributed by atoms with Crippen molar-refractivity contribution < 1.29 is 14.3 Å². The summed E-state index contributed by atoms with van der Waals surface area (Å²) in [5.41, 5.74) is 0.711. The molecule has 1 fully saturated rings. The summed E-state index contributed by atoms with van der Waals surface area (Å²) in [6, 6.07) is 5.54.